The van der Waals surface area contributed by atoms with Gasteiger partial charge in [-0.2, -0.15) is 0 Å². The first-order chi connectivity index (χ1) is 9.97. The van der Waals surface area contributed by atoms with Crippen LogP contribution in [0.3, 0.4) is 0 Å². The number of fused-ring (bicyclic) bond motifs is 1. The minimum Gasteiger partial charge on any atom is -0.380 e. The highest BCUT2D eigenvalue weighted by Gasteiger charge is 2.32. The molecule has 0 atom stereocenters. The molecular formula is C14H10BrClN2O2S. The molecular weight excluding hydrogens is 376 g/mol. The summed E-state index contributed by atoms with van der Waals surface area (Å²) in [4.78, 5) is 25.9. The molecule has 108 valence electrons. The lowest BCUT2D eigenvalue weighted by Gasteiger charge is -2.05. The zero-order valence-corrected chi connectivity index (χ0v) is 14.1. The summed E-state index contributed by atoms with van der Waals surface area (Å²) >= 11 is 10.8. The van der Waals surface area contributed by atoms with Gasteiger partial charge in [-0.15, -0.1) is 11.3 Å². The summed E-state index contributed by atoms with van der Waals surface area (Å²) < 4.78 is 1.59. The SMILES string of the molecule is CN1C(=O)c2ccc(NCc3cc(Br)c(Cl)s3)cc2C1=O. The Kier molecular flexibility index (Phi) is 3.77. The predicted octanol–water partition coefficient (Wildman–Crippen LogP) is 4.00. The van der Waals surface area contributed by atoms with E-state index in [1.807, 2.05) is 6.07 Å². The molecule has 0 spiro atoms. The predicted molar refractivity (Wildman–Crippen MR) is 87.2 cm³/mol. The number of anilines is 1. The standard InChI is InChI=1S/C14H10BrClN2O2S/c1-18-13(19)9-3-2-7(4-10(9)14(18)20)17-6-8-5-11(15)12(16)21-8/h2-5,17H,6H2,1H3. The summed E-state index contributed by atoms with van der Waals surface area (Å²) in [5.74, 6) is -0.518. The Hall–Kier alpha value is -1.37. The van der Waals surface area contributed by atoms with Crippen molar-refractivity contribution in [1.29, 1.82) is 0 Å². The average Bonchev–Trinajstić information content (AvgIpc) is 2.90. The van der Waals surface area contributed by atoms with E-state index in [0.717, 1.165) is 19.9 Å². The van der Waals surface area contributed by atoms with Gasteiger partial charge in [0, 0.05) is 28.6 Å². The Labute approximate surface area is 138 Å². The minimum absolute atomic E-state index is 0.254. The van der Waals surface area contributed by atoms with Gasteiger partial charge in [0.1, 0.15) is 4.34 Å². The second-order valence-electron chi connectivity index (χ2n) is 4.62. The molecule has 2 heterocycles. The number of amides is 2. The van der Waals surface area contributed by atoms with E-state index >= 15 is 0 Å². The highest BCUT2D eigenvalue weighted by atomic mass is 79.9. The zero-order valence-electron chi connectivity index (χ0n) is 10.9. The van der Waals surface area contributed by atoms with Gasteiger partial charge in [0.05, 0.1) is 11.1 Å². The number of carbonyl (C=O) groups excluding carboxylic acids is 2. The first kappa shape index (κ1) is 14.6. The first-order valence-corrected chi connectivity index (χ1v) is 8.10. The largest absolute Gasteiger partial charge is 0.380 e. The molecule has 0 fully saturated rings. The quantitative estimate of drug-likeness (QED) is 0.812. The van der Waals surface area contributed by atoms with Gasteiger partial charge in [-0.3, -0.25) is 14.5 Å². The Morgan fingerprint density at radius 3 is 2.62 bits per heavy atom. The molecule has 2 aromatic rings. The summed E-state index contributed by atoms with van der Waals surface area (Å²) in [5.41, 5.74) is 1.69. The molecule has 4 nitrogen and oxygen atoms in total. The maximum absolute atomic E-state index is 11.9. The lowest BCUT2D eigenvalue weighted by molar-refractivity contribution is 0.0693. The lowest BCUT2D eigenvalue weighted by atomic mass is 10.1. The van der Waals surface area contributed by atoms with Gasteiger partial charge in [-0.1, -0.05) is 11.6 Å². The molecule has 3 rings (SSSR count). The molecule has 1 aliphatic rings. The molecule has 0 bridgehead atoms. The number of thiophene rings is 1. The summed E-state index contributed by atoms with van der Waals surface area (Å²) in [6.45, 7) is 0.604. The third kappa shape index (κ3) is 2.59. The van der Waals surface area contributed by atoms with Crippen LogP contribution < -0.4 is 5.32 Å². The molecule has 21 heavy (non-hydrogen) atoms. The van der Waals surface area contributed by atoms with Crippen LogP contribution in [0, 0.1) is 0 Å². The molecule has 0 aliphatic carbocycles. The molecule has 0 saturated carbocycles. The van der Waals surface area contributed by atoms with Crippen molar-refractivity contribution in [3.8, 4) is 0 Å². The maximum atomic E-state index is 11.9. The van der Waals surface area contributed by atoms with Crippen LogP contribution in [0.5, 0.6) is 0 Å². The van der Waals surface area contributed by atoms with E-state index in [0.29, 0.717) is 22.0 Å². The third-order valence-corrected chi connectivity index (χ3v) is 5.73. The Balaban J connectivity index is 1.79. The lowest BCUT2D eigenvalue weighted by Crippen LogP contribution is -2.24. The number of rotatable bonds is 3. The van der Waals surface area contributed by atoms with Gasteiger partial charge in [0.15, 0.2) is 0 Å². The number of carbonyl (C=O) groups is 2. The monoisotopic (exact) mass is 384 g/mol. The van der Waals surface area contributed by atoms with Gasteiger partial charge in [0.25, 0.3) is 11.8 Å². The molecule has 1 aromatic heterocycles. The maximum Gasteiger partial charge on any atom is 0.261 e. The second kappa shape index (κ2) is 5.44. The van der Waals surface area contributed by atoms with Crippen LogP contribution in [0.15, 0.2) is 28.7 Å². The van der Waals surface area contributed by atoms with Crippen LogP contribution in [0.25, 0.3) is 0 Å². The molecule has 0 radical (unpaired) electrons. The number of nitrogens with zero attached hydrogens (tertiary/aromatic N) is 1. The minimum atomic E-state index is -0.263. The molecule has 0 unspecified atom stereocenters. The van der Waals surface area contributed by atoms with Gasteiger partial charge in [-0.25, -0.2) is 0 Å². The number of hydrogen-bond acceptors (Lipinski definition) is 4. The van der Waals surface area contributed by atoms with E-state index in [9.17, 15) is 9.59 Å². The number of halogens is 2. The normalized spacial score (nSPS) is 13.8. The van der Waals surface area contributed by atoms with Crippen LogP contribution in [0.4, 0.5) is 5.69 Å². The van der Waals surface area contributed by atoms with Crippen molar-refractivity contribution in [1.82, 2.24) is 4.90 Å². The summed E-state index contributed by atoms with van der Waals surface area (Å²) in [6.07, 6.45) is 0. The number of imide groups is 1. The Morgan fingerprint density at radius 1 is 1.24 bits per heavy atom. The van der Waals surface area contributed by atoms with Crippen LogP contribution in [0.2, 0.25) is 4.34 Å². The van der Waals surface area contributed by atoms with Gasteiger partial charge >= 0.3 is 0 Å². The van der Waals surface area contributed by atoms with Crippen molar-refractivity contribution >= 4 is 56.4 Å². The van der Waals surface area contributed by atoms with Crippen molar-refractivity contribution < 1.29 is 9.59 Å². The van der Waals surface area contributed by atoms with Crippen LogP contribution in [-0.2, 0) is 6.54 Å². The molecule has 7 heteroatoms. The molecule has 2 amide bonds. The van der Waals surface area contributed by atoms with E-state index in [4.69, 9.17) is 11.6 Å². The molecule has 1 aromatic carbocycles. The van der Waals surface area contributed by atoms with E-state index in [1.165, 1.54) is 18.4 Å². The van der Waals surface area contributed by atoms with E-state index in [1.54, 1.807) is 18.2 Å². The van der Waals surface area contributed by atoms with Gasteiger partial charge in [0.2, 0.25) is 0 Å². The smallest absolute Gasteiger partial charge is 0.261 e. The fourth-order valence-electron chi connectivity index (χ4n) is 2.14. The fraction of sp³-hybridized carbons (Fsp3) is 0.143. The highest BCUT2D eigenvalue weighted by molar-refractivity contribution is 9.10. The van der Waals surface area contributed by atoms with Gasteiger partial charge in [-0.05, 0) is 40.2 Å². The van der Waals surface area contributed by atoms with Crippen molar-refractivity contribution in [2.75, 3.05) is 12.4 Å². The average molecular weight is 386 g/mol. The van der Waals surface area contributed by atoms with Crippen LogP contribution in [-0.4, -0.2) is 23.8 Å². The topological polar surface area (TPSA) is 49.4 Å². The number of benzene rings is 1. The summed E-state index contributed by atoms with van der Waals surface area (Å²) in [6, 6.07) is 7.14. The van der Waals surface area contributed by atoms with E-state index in [2.05, 4.69) is 21.2 Å². The summed E-state index contributed by atoms with van der Waals surface area (Å²) in [7, 11) is 1.49. The van der Waals surface area contributed by atoms with Crippen LogP contribution >= 0.6 is 38.9 Å². The molecule has 1 N–H and O–H groups in total. The van der Waals surface area contributed by atoms with Crippen LogP contribution in [0.1, 0.15) is 25.6 Å². The number of nitrogens with one attached hydrogen (secondary N) is 1. The Bertz CT molecular complexity index is 740. The van der Waals surface area contributed by atoms with Crippen molar-refractivity contribution in [3.05, 3.63) is 49.1 Å². The fourth-order valence-corrected chi connectivity index (χ4v) is 3.87. The zero-order chi connectivity index (χ0) is 15.1. The molecule has 0 saturated heterocycles. The van der Waals surface area contributed by atoms with Crippen molar-refractivity contribution in [2.24, 2.45) is 0 Å². The third-order valence-electron chi connectivity index (χ3n) is 3.25. The van der Waals surface area contributed by atoms with Crippen molar-refractivity contribution in [2.45, 2.75) is 6.54 Å². The first-order valence-electron chi connectivity index (χ1n) is 6.11. The number of hydrogen-bond donors (Lipinski definition) is 1. The second-order valence-corrected chi connectivity index (χ2v) is 7.21. The van der Waals surface area contributed by atoms with Crippen molar-refractivity contribution in [3.63, 3.8) is 0 Å². The Morgan fingerprint density at radius 2 is 1.95 bits per heavy atom. The van der Waals surface area contributed by atoms with E-state index in [-0.39, 0.29) is 11.8 Å². The van der Waals surface area contributed by atoms with E-state index < -0.39 is 0 Å². The highest BCUT2D eigenvalue weighted by Crippen LogP contribution is 2.32. The molecule has 1 aliphatic heterocycles. The summed E-state index contributed by atoms with van der Waals surface area (Å²) in [5, 5.41) is 3.23. The van der Waals surface area contributed by atoms with Gasteiger partial charge < -0.3 is 5.32 Å².